The number of hydrogen-bond donors (Lipinski definition) is 2. The number of unbranched alkanes of at least 4 members (excludes halogenated alkanes) is 1. The minimum atomic E-state index is -3.44. The number of hydrogen-bond acceptors (Lipinski definition) is 5. The molecule has 1 atom stereocenters. The summed E-state index contributed by atoms with van der Waals surface area (Å²) in [6.45, 7) is 2.15. The summed E-state index contributed by atoms with van der Waals surface area (Å²) in [7, 11) is -3.44. The number of amides is 1. The van der Waals surface area contributed by atoms with Crippen molar-refractivity contribution in [1.29, 1.82) is 0 Å². The summed E-state index contributed by atoms with van der Waals surface area (Å²) in [5, 5.41) is 11.6. The highest BCUT2D eigenvalue weighted by molar-refractivity contribution is 7.90. The molecular formula is C14H19N3O5S. The van der Waals surface area contributed by atoms with Gasteiger partial charge in [-0.1, -0.05) is 19.8 Å². The van der Waals surface area contributed by atoms with E-state index < -0.39 is 27.9 Å². The second kappa shape index (κ2) is 6.95. The van der Waals surface area contributed by atoms with Gasteiger partial charge in [0.05, 0.1) is 11.3 Å². The van der Waals surface area contributed by atoms with Crippen molar-refractivity contribution in [2.75, 3.05) is 12.3 Å². The van der Waals surface area contributed by atoms with Gasteiger partial charge in [-0.3, -0.25) is 4.79 Å². The molecule has 0 aromatic rings. The topological polar surface area (TPSA) is 116 Å². The molecule has 0 saturated carbocycles. The molecule has 2 N–H and O–H groups in total. The van der Waals surface area contributed by atoms with E-state index in [0.717, 1.165) is 6.42 Å². The summed E-state index contributed by atoms with van der Waals surface area (Å²) in [6, 6.07) is -0.937. The zero-order valence-electron chi connectivity index (χ0n) is 12.7. The van der Waals surface area contributed by atoms with Crippen molar-refractivity contribution in [3.63, 3.8) is 0 Å². The molecule has 1 amide bonds. The number of carbonyl (C=O) groups is 2. The molecule has 0 saturated heterocycles. The van der Waals surface area contributed by atoms with Crippen LogP contribution < -0.4 is 5.32 Å². The first-order valence-corrected chi connectivity index (χ1v) is 8.96. The van der Waals surface area contributed by atoms with Crippen LogP contribution in [0.4, 0.5) is 0 Å². The minimum absolute atomic E-state index is 0.121. The minimum Gasteiger partial charge on any atom is -0.480 e. The van der Waals surface area contributed by atoms with E-state index in [1.54, 1.807) is 4.90 Å². The molecule has 0 aromatic heterocycles. The molecule has 23 heavy (non-hydrogen) atoms. The summed E-state index contributed by atoms with van der Waals surface area (Å²) in [5.41, 5.74) is 0.269. The maximum absolute atomic E-state index is 12.2. The highest BCUT2D eigenvalue weighted by atomic mass is 32.2. The van der Waals surface area contributed by atoms with Crippen LogP contribution in [-0.2, 0) is 19.6 Å². The van der Waals surface area contributed by atoms with Gasteiger partial charge in [0.25, 0.3) is 15.9 Å². The van der Waals surface area contributed by atoms with Gasteiger partial charge in [-0.05, 0) is 18.6 Å². The lowest BCUT2D eigenvalue weighted by Crippen LogP contribution is -2.43. The molecule has 9 heteroatoms. The molecule has 2 aliphatic rings. The predicted molar refractivity (Wildman–Crippen MR) is 84.2 cm³/mol. The molecule has 0 radical (unpaired) electrons. The smallest absolute Gasteiger partial charge is 0.326 e. The molecule has 0 bridgehead atoms. The fraction of sp³-hybridized carbons (Fsp3) is 0.500. The second-order valence-corrected chi connectivity index (χ2v) is 7.11. The molecule has 0 fully saturated rings. The van der Waals surface area contributed by atoms with Gasteiger partial charge in [-0.2, -0.15) is 0 Å². The van der Waals surface area contributed by atoms with E-state index >= 15 is 0 Å². The molecular weight excluding hydrogens is 322 g/mol. The van der Waals surface area contributed by atoms with Crippen molar-refractivity contribution in [3.8, 4) is 0 Å². The average Bonchev–Trinajstić information content (AvgIpc) is 2.49. The summed E-state index contributed by atoms with van der Waals surface area (Å²) in [6.07, 6.45) is 6.26. The number of sulfonamides is 1. The fourth-order valence-corrected chi connectivity index (χ4v) is 3.21. The average molecular weight is 341 g/mol. The van der Waals surface area contributed by atoms with Crippen molar-refractivity contribution < 1.29 is 23.1 Å². The van der Waals surface area contributed by atoms with Gasteiger partial charge >= 0.3 is 5.97 Å². The zero-order valence-corrected chi connectivity index (χ0v) is 13.5. The Hall–Kier alpha value is -2.16. The highest BCUT2D eigenvalue weighted by Crippen LogP contribution is 2.16. The van der Waals surface area contributed by atoms with Crippen molar-refractivity contribution >= 4 is 27.7 Å². The molecule has 0 spiro atoms. The Balaban J connectivity index is 2.08. The van der Waals surface area contributed by atoms with Crippen LogP contribution in [0.5, 0.6) is 0 Å². The number of aliphatic carboxylic acids is 1. The van der Waals surface area contributed by atoms with E-state index in [2.05, 4.69) is 9.71 Å². The standard InChI is InChI=1S/C14H19N3O5S/c1-2-3-4-11(14(19)20)15-13(18)10-5-6-12-16-23(21,22)8-7-17(12)9-10/h5-6,9,11H,2-4,7-8H2,1H3,(H,15,18)(H,19,20)/t11-/m0/s1. The molecule has 2 rings (SSSR count). The Kier molecular flexibility index (Phi) is 5.19. The van der Waals surface area contributed by atoms with E-state index in [-0.39, 0.29) is 23.7 Å². The van der Waals surface area contributed by atoms with Crippen LogP contribution in [0.3, 0.4) is 0 Å². The third-order valence-corrected chi connectivity index (χ3v) is 4.70. The third-order valence-electron chi connectivity index (χ3n) is 3.54. The Labute approximate surface area is 134 Å². The SMILES string of the molecule is CCCC[C@H](NC(=O)C1=CN2CCS(=O)(=O)N=C2C=C1)C(=O)O. The molecule has 8 nitrogen and oxygen atoms in total. The molecule has 0 unspecified atom stereocenters. The number of rotatable bonds is 6. The first-order valence-electron chi connectivity index (χ1n) is 7.35. The Morgan fingerprint density at radius 2 is 2.17 bits per heavy atom. The van der Waals surface area contributed by atoms with Crippen molar-refractivity contribution in [2.24, 2.45) is 4.40 Å². The van der Waals surface area contributed by atoms with Gasteiger partial charge in [-0.15, -0.1) is 4.40 Å². The molecule has 2 heterocycles. The predicted octanol–water partition coefficient (Wildman–Crippen LogP) is 0.244. The van der Waals surface area contributed by atoms with Crippen LogP contribution in [0, 0.1) is 0 Å². The maximum Gasteiger partial charge on any atom is 0.326 e. The Morgan fingerprint density at radius 3 is 2.83 bits per heavy atom. The van der Waals surface area contributed by atoms with Crippen molar-refractivity contribution in [2.45, 2.75) is 32.2 Å². The normalized spacial score (nSPS) is 20.1. The first-order chi connectivity index (χ1) is 10.8. The largest absolute Gasteiger partial charge is 0.480 e. The number of amidine groups is 1. The van der Waals surface area contributed by atoms with E-state index in [9.17, 15) is 18.0 Å². The molecule has 126 valence electrons. The van der Waals surface area contributed by atoms with E-state index in [1.165, 1.54) is 18.4 Å². The summed E-state index contributed by atoms with van der Waals surface area (Å²) in [4.78, 5) is 24.9. The van der Waals surface area contributed by atoms with Crippen molar-refractivity contribution in [3.05, 3.63) is 23.9 Å². The number of carboxylic acids is 1. The van der Waals surface area contributed by atoms with Crippen LogP contribution >= 0.6 is 0 Å². The molecule has 0 aromatic carbocycles. The lowest BCUT2D eigenvalue weighted by Gasteiger charge is -2.27. The molecule has 0 aliphatic carbocycles. The highest BCUT2D eigenvalue weighted by Gasteiger charge is 2.26. The van der Waals surface area contributed by atoms with Crippen LogP contribution in [0.25, 0.3) is 0 Å². The van der Waals surface area contributed by atoms with Crippen molar-refractivity contribution in [1.82, 2.24) is 10.2 Å². The van der Waals surface area contributed by atoms with E-state index in [4.69, 9.17) is 5.11 Å². The number of fused-ring (bicyclic) bond motifs is 1. The van der Waals surface area contributed by atoms with E-state index in [1.807, 2.05) is 6.92 Å². The second-order valence-electron chi connectivity index (χ2n) is 5.35. The Morgan fingerprint density at radius 1 is 1.43 bits per heavy atom. The number of carboxylic acid groups (broad SMARTS) is 1. The van der Waals surface area contributed by atoms with Crippen LogP contribution in [0.1, 0.15) is 26.2 Å². The van der Waals surface area contributed by atoms with Gasteiger partial charge in [0.1, 0.15) is 11.9 Å². The lowest BCUT2D eigenvalue weighted by atomic mass is 10.1. The van der Waals surface area contributed by atoms with Crippen LogP contribution in [-0.4, -0.2) is 54.5 Å². The summed E-state index contributed by atoms with van der Waals surface area (Å²) >= 11 is 0. The summed E-state index contributed by atoms with van der Waals surface area (Å²) in [5.74, 6) is -1.44. The van der Waals surface area contributed by atoms with Crippen LogP contribution in [0.15, 0.2) is 28.3 Å². The van der Waals surface area contributed by atoms with Gasteiger partial charge in [0.15, 0.2) is 0 Å². The third kappa shape index (κ3) is 4.41. The fourth-order valence-electron chi connectivity index (χ4n) is 2.24. The number of carbonyl (C=O) groups excluding carboxylic acids is 1. The number of nitrogens with zero attached hydrogens (tertiary/aromatic N) is 2. The lowest BCUT2D eigenvalue weighted by molar-refractivity contribution is -0.141. The Bertz CT molecular complexity index is 693. The van der Waals surface area contributed by atoms with Gasteiger partial charge in [-0.25, -0.2) is 13.2 Å². The number of nitrogens with one attached hydrogen (secondary N) is 1. The maximum atomic E-state index is 12.2. The van der Waals surface area contributed by atoms with E-state index in [0.29, 0.717) is 12.8 Å². The van der Waals surface area contributed by atoms with Gasteiger partial charge < -0.3 is 15.3 Å². The van der Waals surface area contributed by atoms with Gasteiger partial charge in [0.2, 0.25) is 0 Å². The van der Waals surface area contributed by atoms with Gasteiger partial charge in [0, 0.05) is 12.7 Å². The molecule has 2 aliphatic heterocycles. The zero-order chi connectivity index (χ0) is 17.0. The first kappa shape index (κ1) is 17.2. The quantitative estimate of drug-likeness (QED) is 0.715. The van der Waals surface area contributed by atoms with Crippen LogP contribution in [0.2, 0.25) is 0 Å². The summed E-state index contributed by atoms with van der Waals surface area (Å²) < 4.78 is 26.5. The monoisotopic (exact) mass is 341 g/mol.